The first-order chi connectivity index (χ1) is 9.42. The maximum atomic E-state index is 11.8. The highest BCUT2D eigenvalue weighted by molar-refractivity contribution is 6.28. The highest BCUT2D eigenvalue weighted by Crippen LogP contribution is 2.12. The number of carbonyl (C=O) groups excluding carboxylic acids is 1. The van der Waals surface area contributed by atoms with Gasteiger partial charge in [-0.25, -0.2) is 0 Å². The summed E-state index contributed by atoms with van der Waals surface area (Å²) >= 11 is 5.84. The minimum atomic E-state index is -0.0808. The van der Waals surface area contributed by atoms with Crippen LogP contribution in [0.4, 0.5) is 11.9 Å². The molecule has 0 aliphatic heterocycles. The second kappa shape index (κ2) is 7.84. The first-order valence-electron chi connectivity index (χ1n) is 6.55. The van der Waals surface area contributed by atoms with Gasteiger partial charge in [-0.05, 0) is 24.4 Å². The maximum absolute atomic E-state index is 11.8. The quantitative estimate of drug-likeness (QED) is 0.786. The molecule has 0 aliphatic carbocycles. The molecule has 1 heterocycles. The number of nitrogens with zero attached hydrogens (tertiary/aromatic N) is 4. The third-order valence-corrected chi connectivity index (χ3v) is 2.53. The molecule has 0 unspecified atom stereocenters. The Labute approximate surface area is 124 Å². The predicted octanol–water partition coefficient (Wildman–Crippen LogP) is 1.17. The van der Waals surface area contributed by atoms with Crippen LogP contribution in [-0.4, -0.2) is 47.5 Å². The van der Waals surface area contributed by atoms with Gasteiger partial charge in [0, 0.05) is 20.1 Å². The molecule has 0 fully saturated rings. The molecule has 0 aromatic carbocycles. The molecule has 20 heavy (non-hydrogen) atoms. The van der Waals surface area contributed by atoms with Crippen molar-refractivity contribution < 1.29 is 4.79 Å². The molecule has 1 aromatic heterocycles. The first kappa shape index (κ1) is 16.4. The van der Waals surface area contributed by atoms with E-state index in [2.05, 4.69) is 25.6 Å². The molecule has 112 valence electrons. The van der Waals surface area contributed by atoms with Crippen LogP contribution in [0.3, 0.4) is 0 Å². The Morgan fingerprint density at radius 3 is 2.65 bits per heavy atom. The van der Waals surface area contributed by atoms with E-state index in [4.69, 9.17) is 11.6 Å². The van der Waals surface area contributed by atoms with Crippen molar-refractivity contribution in [3.8, 4) is 0 Å². The van der Waals surface area contributed by atoms with E-state index < -0.39 is 0 Å². The van der Waals surface area contributed by atoms with Crippen molar-refractivity contribution in [2.75, 3.05) is 36.9 Å². The topological polar surface area (TPSA) is 83.0 Å². The number of hydrogen-bond donors (Lipinski definition) is 2. The lowest BCUT2D eigenvalue weighted by Gasteiger charge is -2.17. The second-order valence-electron chi connectivity index (χ2n) is 4.81. The summed E-state index contributed by atoms with van der Waals surface area (Å²) < 4.78 is 0. The Morgan fingerprint density at radius 1 is 1.35 bits per heavy atom. The standard InChI is InChI=1S/C12H21ClN6O/c1-5-14-11-16-10(13)17-12(18-11)19(4)7-9(20)15-6-8(2)3/h8H,5-7H2,1-4H3,(H,15,20)(H,14,16,17,18). The molecule has 1 amide bonds. The highest BCUT2D eigenvalue weighted by Gasteiger charge is 2.12. The van der Waals surface area contributed by atoms with E-state index in [0.29, 0.717) is 30.9 Å². The molecule has 0 bridgehead atoms. The van der Waals surface area contributed by atoms with E-state index in [0.717, 1.165) is 0 Å². The largest absolute Gasteiger partial charge is 0.354 e. The maximum Gasteiger partial charge on any atom is 0.239 e. The summed E-state index contributed by atoms with van der Waals surface area (Å²) in [5.41, 5.74) is 0. The molecule has 0 saturated heterocycles. The summed E-state index contributed by atoms with van der Waals surface area (Å²) in [6, 6.07) is 0. The van der Waals surface area contributed by atoms with E-state index >= 15 is 0 Å². The van der Waals surface area contributed by atoms with Gasteiger partial charge in [-0.1, -0.05) is 13.8 Å². The van der Waals surface area contributed by atoms with Crippen LogP contribution in [0.1, 0.15) is 20.8 Å². The number of hydrogen-bond acceptors (Lipinski definition) is 6. The number of nitrogens with one attached hydrogen (secondary N) is 2. The molecule has 1 rings (SSSR count). The third-order valence-electron chi connectivity index (χ3n) is 2.36. The molecule has 2 N–H and O–H groups in total. The lowest BCUT2D eigenvalue weighted by molar-refractivity contribution is -0.119. The third kappa shape index (κ3) is 5.56. The smallest absolute Gasteiger partial charge is 0.239 e. The zero-order valence-electron chi connectivity index (χ0n) is 12.3. The lowest BCUT2D eigenvalue weighted by Crippen LogP contribution is -2.37. The van der Waals surface area contributed by atoms with E-state index in [1.165, 1.54) is 0 Å². The summed E-state index contributed by atoms with van der Waals surface area (Å²) in [5.74, 6) is 1.09. The van der Waals surface area contributed by atoms with Gasteiger partial charge in [0.1, 0.15) is 0 Å². The van der Waals surface area contributed by atoms with Crippen LogP contribution in [0, 0.1) is 5.92 Å². The number of likely N-dealkylation sites (N-methyl/N-ethyl adjacent to an activating group) is 1. The van der Waals surface area contributed by atoms with Crippen LogP contribution in [0.2, 0.25) is 5.28 Å². The minimum Gasteiger partial charge on any atom is -0.354 e. The summed E-state index contributed by atoms with van der Waals surface area (Å²) in [5, 5.41) is 5.90. The van der Waals surface area contributed by atoms with Crippen molar-refractivity contribution in [2.24, 2.45) is 5.92 Å². The van der Waals surface area contributed by atoms with Gasteiger partial charge in [0.05, 0.1) is 6.54 Å². The zero-order valence-corrected chi connectivity index (χ0v) is 13.0. The lowest BCUT2D eigenvalue weighted by atomic mass is 10.2. The second-order valence-corrected chi connectivity index (χ2v) is 5.15. The van der Waals surface area contributed by atoms with Crippen LogP contribution in [0.15, 0.2) is 0 Å². The minimum absolute atomic E-state index is 0.0808. The van der Waals surface area contributed by atoms with Gasteiger partial charge in [-0.2, -0.15) is 15.0 Å². The van der Waals surface area contributed by atoms with Crippen molar-refractivity contribution >= 4 is 29.4 Å². The van der Waals surface area contributed by atoms with Crippen LogP contribution < -0.4 is 15.5 Å². The molecular formula is C12H21ClN6O. The first-order valence-corrected chi connectivity index (χ1v) is 6.93. The Bertz CT molecular complexity index is 454. The Hall–Kier alpha value is -1.63. The Kier molecular flexibility index (Phi) is 6.44. The number of anilines is 2. The molecule has 0 saturated carbocycles. The van der Waals surface area contributed by atoms with Gasteiger partial charge >= 0.3 is 0 Å². The van der Waals surface area contributed by atoms with Crippen molar-refractivity contribution in [3.63, 3.8) is 0 Å². The highest BCUT2D eigenvalue weighted by atomic mass is 35.5. The van der Waals surface area contributed by atoms with Crippen molar-refractivity contribution in [2.45, 2.75) is 20.8 Å². The van der Waals surface area contributed by atoms with Crippen LogP contribution in [0.5, 0.6) is 0 Å². The fourth-order valence-electron chi connectivity index (χ4n) is 1.41. The van der Waals surface area contributed by atoms with Gasteiger partial charge in [-0.3, -0.25) is 4.79 Å². The van der Waals surface area contributed by atoms with E-state index in [1.54, 1.807) is 11.9 Å². The fraction of sp³-hybridized carbons (Fsp3) is 0.667. The molecule has 0 atom stereocenters. The Morgan fingerprint density at radius 2 is 2.05 bits per heavy atom. The van der Waals surface area contributed by atoms with Gasteiger partial charge in [0.2, 0.25) is 23.1 Å². The van der Waals surface area contributed by atoms with Crippen LogP contribution >= 0.6 is 11.6 Å². The monoisotopic (exact) mass is 300 g/mol. The molecule has 0 spiro atoms. The fourth-order valence-corrected chi connectivity index (χ4v) is 1.56. The Balaban J connectivity index is 2.66. The molecule has 7 nitrogen and oxygen atoms in total. The molecule has 8 heteroatoms. The zero-order chi connectivity index (χ0) is 15.1. The normalized spacial score (nSPS) is 10.5. The summed E-state index contributed by atoms with van der Waals surface area (Å²) in [6.45, 7) is 7.50. The number of carbonyl (C=O) groups is 1. The number of amides is 1. The van der Waals surface area contributed by atoms with Crippen molar-refractivity contribution in [1.29, 1.82) is 0 Å². The van der Waals surface area contributed by atoms with Crippen molar-refractivity contribution in [1.82, 2.24) is 20.3 Å². The summed E-state index contributed by atoms with van der Waals surface area (Å²) in [7, 11) is 1.73. The SMILES string of the molecule is CCNc1nc(Cl)nc(N(C)CC(=O)NCC(C)C)n1. The number of aromatic nitrogens is 3. The number of rotatable bonds is 7. The number of halogens is 1. The van der Waals surface area contributed by atoms with Gasteiger partial charge in [0.15, 0.2) is 0 Å². The molecule has 0 radical (unpaired) electrons. The molecule has 1 aromatic rings. The molecule has 0 aliphatic rings. The average Bonchev–Trinajstić information content (AvgIpc) is 2.36. The van der Waals surface area contributed by atoms with Gasteiger partial charge in [-0.15, -0.1) is 0 Å². The molecular weight excluding hydrogens is 280 g/mol. The van der Waals surface area contributed by atoms with Gasteiger partial charge < -0.3 is 15.5 Å². The average molecular weight is 301 g/mol. The van der Waals surface area contributed by atoms with E-state index in [9.17, 15) is 4.79 Å². The summed E-state index contributed by atoms with van der Waals surface area (Å²) in [6.07, 6.45) is 0. The van der Waals surface area contributed by atoms with Crippen molar-refractivity contribution in [3.05, 3.63) is 5.28 Å². The van der Waals surface area contributed by atoms with E-state index in [1.807, 2.05) is 20.8 Å². The summed E-state index contributed by atoms with van der Waals surface area (Å²) in [4.78, 5) is 25.5. The van der Waals surface area contributed by atoms with Crippen LogP contribution in [0.25, 0.3) is 0 Å². The predicted molar refractivity (Wildman–Crippen MR) is 80.1 cm³/mol. The van der Waals surface area contributed by atoms with Crippen LogP contribution in [-0.2, 0) is 4.79 Å². The van der Waals surface area contributed by atoms with Gasteiger partial charge in [0.25, 0.3) is 0 Å². The van der Waals surface area contributed by atoms with E-state index in [-0.39, 0.29) is 17.7 Å².